The largest absolute Gasteiger partial charge is 0.465 e. The van der Waals surface area contributed by atoms with Gasteiger partial charge >= 0.3 is 5.97 Å². The molecule has 0 aliphatic heterocycles. The summed E-state index contributed by atoms with van der Waals surface area (Å²) in [5, 5.41) is 8.56. The van der Waals surface area contributed by atoms with Crippen molar-refractivity contribution in [2.75, 3.05) is 13.7 Å². The van der Waals surface area contributed by atoms with Crippen LogP contribution in [0.1, 0.15) is 22.3 Å². The Morgan fingerprint density at radius 2 is 2.47 bits per heavy atom. The van der Waals surface area contributed by atoms with Crippen molar-refractivity contribution in [1.29, 1.82) is 0 Å². The number of nitrogens with zero attached hydrogens (tertiary/aromatic N) is 1. The zero-order valence-electron chi connectivity index (χ0n) is 8.36. The van der Waals surface area contributed by atoms with Crippen molar-refractivity contribution in [3.05, 3.63) is 29.6 Å². The SMILES string of the molecule is COC(=O)c1ccncc1C#CCCO. The monoisotopic (exact) mass is 205 g/mol. The molecule has 0 saturated heterocycles. The summed E-state index contributed by atoms with van der Waals surface area (Å²) >= 11 is 0. The summed E-state index contributed by atoms with van der Waals surface area (Å²) in [5.41, 5.74) is 0.899. The first kappa shape index (κ1) is 11.2. The van der Waals surface area contributed by atoms with Crippen LogP contribution in [0.15, 0.2) is 18.5 Å². The first-order valence-electron chi connectivity index (χ1n) is 4.41. The number of ether oxygens (including phenoxy) is 1. The molecule has 0 aliphatic carbocycles. The van der Waals surface area contributed by atoms with Gasteiger partial charge in [0.25, 0.3) is 0 Å². The highest BCUT2D eigenvalue weighted by molar-refractivity contribution is 5.92. The highest BCUT2D eigenvalue weighted by atomic mass is 16.5. The smallest absolute Gasteiger partial charge is 0.339 e. The van der Waals surface area contributed by atoms with Gasteiger partial charge in [-0.25, -0.2) is 4.79 Å². The number of aliphatic hydroxyl groups is 1. The number of carbonyl (C=O) groups excluding carboxylic acids is 1. The third-order valence-corrected chi connectivity index (χ3v) is 1.69. The van der Waals surface area contributed by atoms with Gasteiger partial charge in [0.05, 0.1) is 24.8 Å². The Hall–Kier alpha value is -1.86. The van der Waals surface area contributed by atoms with E-state index in [1.807, 2.05) is 0 Å². The lowest BCUT2D eigenvalue weighted by Crippen LogP contribution is -2.04. The van der Waals surface area contributed by atoms with Crippen LogP contribution in [0.4, 0.5) is 0 Å². The van der Waals surface area contributed by atoms with Gasteiger partial charge in [0.1, 0.15) is 0 Å². The van der Waals surface area contributed by atoms with Crippen molar-refractivity contribution in [3.8, 4) is 11.8 Å². The van der Waals surface area contributed by atoms with Crippen molar-refractivity contribution in [2.45, 2.75) is 6.42 Å². The van der Waals surface area contributed by atoms with Crippen LogP contribution in [0.25, 0.3) is 0 Å². The second-order valence-corrected chi connectivity index (χ2v) is 2.69. The molecule has 0 bridgehead atoms. The summed E-state index contributed by atoms with van der Waals surface area (Å²) in [4.78, 5) is 15.2. The molecular weight excluding hydrogens is 194 g/mol. The van der Waals surface area contributed by atoms with Gasteiger partial charge in [-0.2, -0.15) is 0 Å². The Labute approximate surface area is 87.9 Å². The number of carbonyl (C=O) groups is 1. The molecule has 0 atom stereocenters. The zero-order chi connectivity index (χ0) is 11.1. The predicted octanol–water partition coefficient (Wildman–Crippen LogP) is 0.602. The van der Waals surface area contributed by atoms with E-state index < -0.39 is 5.97 Å². The molecule has 78 valence electrons. The maximum Gasteiger partial charge on any atom is 0.339 e. The number of pyridine rings is 1. The summed E-state index contributed by atoms with van der Waals surface area (Å²) in [6, 6.07) is 1.55. The van der Waals surface area contributed by atoms with E-state index in [0.29, 0.717) is 17.5 Å². The Bertz CT molecular complexity index is 404. The van der Waals surface area contributed by atoms with Crippen LogP contribution in [-0.4, -0.2) is 29.8 Å². The number of methoxy groups -OCH3 is 1. The molecule has 4 heteroatoms. The summed E-state index contributed by atoms with van der Waals surface area (Å²) in [6.07, 6.45) is 3.37. The van der Waals surface area contributed by atoms with Crippen LogP contribution in [0.2, 0.25) is 0 Å². The van der Waals surface area contributed by atoms with Crippen LogP contribution in [0.5, 0.6) is 0 Å². The van der Waals surface area contributed by atoms with Gasteiger partial charge in [0, 0.05) is 18.8 Å². The van der Waals surface area contributed by atoms with E-state index in [1.165, 1.54) is 19.5 Å². The molecule has 1 N–H and O–H groups in total. The first-order valence-corrected chi connectivity index (χ1v) is 4.41. The standard InChI is InChI=1S/C11H11NO3/c1-15-11(14)10-5-6-12-8-9(10)4-2-3-7-13/h5-6,8,13H,3,7H2,1H3. The van der Waals surface area contributed by atoms with Gasteiger partial charge in [-0.15, -0.1) is 0 Å². The number of esters is 1. The lowest BCUT2D eigenvalue weighted by Gasteiger charge is -2.00. The molecule has 1 aromatic heterocycles. The van der Waals surface area contributed by atoms with Crippen LogP contribution >= 0.6 is 0 Å². The lowest BCUT2D eigenvalue weighted by atomic mass is 10.1. The topological polar surface area (TPSA) is 59.4 Å². The molecule has 0 unspecified atom stereocenters. The number of rotatable bonds is 2. The average molecular weight is 205 g/mol. The van der Waals surface area contributed by atoms with E-state index in [4.69, 9.17) is 5.11 Å². The van der Waals surface area contributed by atoms with Gasteiger partial charge in [-0.1, -0.05) is 11.8 Å². The van der Waals surface area contributed by atoms with Gasteiger partial charge < -0.3 is 9.84 Å². The Kier molecular flexibility index (Phi) is 4.32. The maximum absolute atomic E-state index is 11.3. The quantitative estimate of drug-likeness (QED) is 0.567. The molecule has 4 nitrogen and oxygen atoms in total. The molecule has 0 radical (unpaired) electrons. The predicted molar refractivity (Wildman–Crippen MR) is 54.2 cm³/mol. The minimum absolute atomic E-state index is 0.000813. The van der Waals surface area contributed by atoms with Crippen molar-refractivity contribution >= 4 is 5.97 Å². The fourth-order valence-corrected chi connectivity index (χ4v) is 0.996. The number of aliphatic hydroxyl groups excluding tert-OH is 1. The Morgan fingerprint density at radius 3 is 3.13 bits per heavy atom. The third kappa shape index (κ3) is 3.08. The van der Waals surface area contributed by atoms with Crippen LogP contribution in [-0.2, 0) is 4.74 Å². The molecule has 0 fully saturated rings. The fourth-order valence-electron chi connectivity index (χ4n) is 0.996. The van der Waals surface area contributed by atoms with E-state index in [2.05, 4.69) is 21.6 Å². The molecule has 0 aliphatic rings. The Balaban J connectivity index is 2.98. The molecule has 0 amide bonds. The average Bonchev–Trinajstić information content (AvgIpc) is 2.29. The van der Waals surface area contributed by atoms with Crippen molar-refractivity contribution in [3.63, 3.8) is 0 Å². The maximum atomic E-state index is 11.3. The summed E-state index contributed by atoms with van der Waals surface area (Å²) in [7, 11) is 1.31. The number of hydrogen-bond acceptors (Lipinski definition) is 4. The highest BCUT2D eigenvalue weighted by Gasteiger charge is 2.09. The molecule has 0 saturated carbocycles. The van der Waals surface area contributed by atoms with Gasteiger partial charge in [0.15, 0.2) is 0 Å². The van der Waals surface area contributed by atoms with Gasteiger partial charge in [-0.05, 0) is 6.07 Å². The highest BCUT2D eigenvalue weighted by Crippen LogP contribution is 2.06. The van der Waals surface area contributed by atoms with Crippen LogP contribution in [0.3, 0.4) is 0 Å². The summed E-state index contributed by atoms with van der Waals surface area (Å²) in [6.45, 7) is 0.000813. The second kappa shape index (κ2) is 5.78. The molecule has 1 aromatic rings. The number of aromatic nitrogens is 1. The molecule has 15 heavy (non-hydrogen) atoms. The van der Waals surface area contributed by atoms with Crippen molar-refractivity contribution < 1.29 is 14.6 Å². The van der Waals surface area contributed by atoms with E-state index in [9.17, 15) is 4.79 Å². The van der Waals surface area contributed by atoms with Crippen LogP contribution in [0, 0.1) is 11.8 Å². The molecular formula is C11H11NO3. The number of hydrogen-bond donors (Lipinski definition) is 1. The zero-order valence-corrected chi connectivity index (χ0v) is 8.36. The normalized spacial score (nSPS) is 8.93. The van der Waals surface area contributed by atoms with Crippen molar-refractivity contribution in [1.82, 2.24) is 4.98 Å². The van der Waals surface area contributed by atoms with E-state index in [-0.39, 0.29) is 6.61 Å². The third-order valence-electron chi connectivity index (χ3n) is 1.69. The molecule has 0 aromatic carbocycles. The van der Waals surface area contributed by atoms with Crippen LogP contribution < -0.4 is 0 Å². The Morgan fingerprint density at radius 1 is 1.67 bits per heavy atom. The molecule has 1 rings (SSSR count). The van der Waals surface area contributed by atoms with E-state index in [0.717, 1.165) is 0 Å². The second-order valence-electron chi connectivity index (χ2n) is 2.69. The fraction of sp³-hybridized carbons (Fsp3) is 0.273. The summed E-state index contributed by atoms with van der Waals surface area (Å²) in [5.74, 6) is 5.04. The molecule has 0 spiro atoms. The van der Waals surface area contributed by atoms with Crippen molar-refractivity contribution in [2.24, 2.45) is 0 Å². The van der Waals surface area contributed by atoms with E-state index in [1.54, 1.807) is 6.07 Å². The first-order chi connectivity index (χ1) is 7.29. The van der Waals surface area contributed by atoms with E-state index >= 15 is 0 Å². The minimum atomic E-state index is -0.439. The minimum Gasteiger partial charge on any atom is -0.465 e. The molecule has 1 heterocycles. The van der Waals surface area contributed by atoms with Gasteiger partial charge in [0.2, 0.25) is 0 Å². The lowest BCUT2D eigenvalue weighted by molar-refractivity contribution is 0.0600. The summed E-state index contributed by atoms with van der Waals surface area (Å²) < 4.78 is 4.60. The van der Waals surface area contributed by atoms with Gasteiger partial charge in [-0.3, -0.25) is 4.98 Å².